The van der Waals surface area contributed by atoms with Crippen LogP contribution >= 0.6 is 11.8 Å². The molecular weight excluding hydrogens is 318 g/mol. The third-order valence-corrected chi connectivity index (χ3v) is 5.00. The van der Waals surface area contributed by atoms with Gasteiger partial charge in [0.25, 0.3) is 0 Å². The molecule has 2 rings (SSSR count). The molecule has 2 aromatic rings. The first-order chi connectivity index (χ1) is 11.7. The predicted molar refractivity (Wildman–Crippen MR) is 102 cm³/mol. The first kappa shape index (κ1) is 18.4. The van der Waals surface area contributed by atoms with Gasteiger partial charge in [-0.25, -0.2) is 0 Å². The molecule has 1 amide bonds. The molecule has 0 spiro atoms. The summed E-state index contributed by atoms with van der Waals surface area (Å²) in [5.41, 5.74) is 2.48. The lowest BCUT2D eigenvalue weighted by Gasteiger charge is -2.12. The van der Waals surface area contributed by atoms with Crippen LogP contribution in [0, 0.1) is 0 Å². The van der Waals surface area contributed by atoms with E-state index in [0.717, 1.165) is 24.3 Å². The van der Waals surface area contributed by atoms with Crippen molar-refractivity contribution in [2.75, 3.05) is 13.7 Å². The van der Waals surface area contributed by atoms with Crippen LogP contribution in [0.5, 0.6) is 5.75 Å². The van der Waals surface area contributed by atoms with E-state index in [1.54, 1.807) is 18.9 Å². The van der Waals surface area contributed by atoms with Gasteiger partial charge in [0, 0.05) is 12.3 Å². The van der Waals surface area contributed by atoms with Crippen molar-refractivity contribution in [1.82, 2.24) is 5.32 Å². The molecule has 0 saturated heterocycles. The monoisotopic (exact) mass is 343 g/mol. The summed E-state index contributed by atoms with van der Waals surface area (Å²) in [5.74, 6) is 1.85. The van der Waals surface area contributed by atoms with Gasteiger partial charge in [-0.05, 0) is 43.0 Å². The summed E-state index contributed by atoms with van der Waals surface area (Å²) in [7, 11) is 1.67. The van der Waals surface area contributed by atoms with Crippen LogP contribution in [0.4, 0.5) is 0 Å². The Hall–Kier alpha value is -1.94. The Labute approximate surface area is 148 Å². The van der Waals surface area contributed by atoms with Gasteiger partial charge in [-0.2, -0.15) is 0 Å². The minimum Gasteiger partial charge on any atom is -0.497 e. The zero-order valence-electron chi connectivity index (χ0n) is 14.3. The maximum Gasteiger partial charge on any atom is 0.232 e. The zero-order valence-corrected chi connectivity index (χ0v) is 15.1. The minimum atomic E-state index is -0.0398. The number of amides is 1. The van der Waals surface area contributed by atoms with Crippen molar-refractivity contribution in [1.29, 1.82) is 0 Å². The largest absolute Gasteiger partial charge is 0.497 e. The van der Waals surface area contributed by atoms with Crippen molar-refractivity contribution in [3.8, 4) is 5.75 Å². The molecule has 0 aliphatic heterocycles. The molecule has 24 heavy (non-hydrogen) atoms. The number of hydrogen-bond acceptors (Lipinski definition) is 3. The average Bonchev–Trinajstić information content (AvgIpc) is 2.64. The quantitative estimate of drug-likeness (QED) is 0.698. The zero-order chi connectivity index (χ0) is 17.2. The van der Waals surface area contributed by atoms with Crippen LogP contribution in [0.15, 0.2) is 54.6 Å². The van der Waals surface area contributed by atoms with E-state index in [2.05, 4.69) is 23.5 Å². The van der Waals surface area contributed by atoms with E-state index in [9.17, 15) is 4.79 Å². The molecule has 0 aromatic heterocycles. The number of benzene rings is 2. The number of methoxy groups -OCH3 is 1. The van der Waals surface area contributed by atoms with Crippen LogP contribution in [0.2, 0.25) is 0 Å². The number of nitrogens with one attached hydrogen (secondary N) is 1. The predicted octanol–water partition coefficient (Wildman–Crippen LogP) is 4.07. The van der Waals surface area contributed by atoms with Crippen molar-refractivity contribution >= 4 is 17.7 Å². The first-order valence-corrected chi connectivity index (χ1v) is 9.30. The fraction of sp³-hybridized carbons (Fsp3) is 0.350. The van der Waals surface area contributed by atoms with Gasteiger partial charge in [0.1, 0.15) is 5.75 Å². The van der Waals surface area contributed by atoms with Crippen LogP contribution in [0.3, 0.4) is 0 Å². The Morgan fingerprint density at radius 3 is 2.62 bits per heavy atom. The van der Waals surface area contributed by atoms with Crippen molar-refractivity contribution in [2.45, 2.75) is 30.8 Å². The van der Waals surface area contributed by atoms with Crippen molar-refractivity contribution < 1.29 is 9.53 Å². The van der Waals surface area contributed by atoms with E-state index in [1.807, 2.05) is 43.3 Å². The Balaban J connectivity index is 1.65. The molecule has 3 nitrogen and oxygen atoms in total. The van der Waals surface area contributed by atoms with E-state index < -0.39 is 0 Å². The Morgan fingerprint density at radius 2 is 1.88 bits per heavy atom. The highest BCUT2D eigenvalue weighted by molar-refractivity contribution is 7.99. The van der Waals surface area contributed by atoms with Crippen LogP contribution in [-0.4, -0.2) is 24.8 Å². The third-order valence-electron chi connectivity index (χ3n) is 3.79. The smallest absolute Gasteiger partial charge is 0.232 e. The third kappa shape index (κ3) is 6.28. The lowest BCUT2D eigenvalue weighted by Crippen LogP contribution is -2.31. The topological polar surface area (TPSA) is 38.3 Å². The molecule has 2 aromatic carbocycles. The number of carbonyl (C=O) groups excluding carboxylic acids is 1. The number of hydrogen-bond donors (Lipinski definition) is 1. The molecule has 4 heteroatoms. The van der Waals surface area contributed by atoms with Crippen molar-refractivity contribution in [2.24, 2.45) is 0 Å². The van der Waals surface area contributed by atoms with Crippen molar-refractivity contribution in [3.63, 3.8) is 0 Å². The highest BCUT2D eigenvalue weighted by Gasteiger charge is 2.12. The number of rotatable bonds is 9. The summed E-state index contributed by atoms with van der Waals surface area (Å²) in [5, 5.41) is 2.99. The molecule has 0 bridgehead atoms. The Morgan fingerprint density at radius 1 is 1.12 bits per heavy atom. The summed E-state index contributed by atoms with van der Waals surface area (Å²) in [6, 6.07) is 18.3. The molecule has 0 saturated carbocycles. The molecule has 0 aliphatic carbocycles. The van der Waals surface area contributed by atoms with Gasteiger partial charge in [-0.1, -0.05) is 42.5 Å². The maximum atomic E-state index is 12.1. The second-order valence-electron chi connectivity index (χ2n) is 5.68. The first-order valence-electron chi connectivity index (χ1n) is 8.25. The van der Waals surface area contributed by atoms with Gasteiger partial charge in [-0.3, -0.25) is 4.79 Å². The van der Waals surface area contributed by atoms with E-state index in [4.69, 9.17) is 4.74 Å². The molecule has 0 fully saturated rings. The van der Waals surface area contributed by atoms with Gasteiger partial charge >= 0.3 is 0 Å². The van der Waals surface area contributed by atoms with Crippen LogP contribution in [0.25, 0.3) is 0 Å². The summed E-state index contributed by atoms with van der Waals surface area (Å²) < 4.78 is 5.22. The summed E-state index contributed by atoms with van der Waals surface area (Å²) in [6.07, 6.45) is 1.86. The standard InChI is InChI=1S/C20H25NO2S/c1-16(24-15-18-8-4-3-5-9-18)20(22)21-13-7-11-17-10-6-12-19(14-17)23-2/h3-6,8-10,12,14,16H,7,11,13,15H2,1-2H3,(H,21,22)/t16-/m1/s1. The summed E-state index contributed by atoms with van der Waals surface area (Å²) in [4.78, 5) is 12.1. The van der Waals surface area contributed by atoms with Gasteiger partial charge < -0.3 is 10.1 Å². The molecule has 1 N–H and O–H groups in total. The summed E-state index contributed by atoms with van der Waals surface area (Å²) in [6.45, 7) is 2.66. The molecule has 0 heterocycles. The second kappa shape index (κ2) is 10.0. The second-order valence-corrected chi connectivity index (χ2v) is 7.01. The average molecular weight is 343 g/mol. The van der Waals surface area contributed by atoms with Crippen molar-refractivity contribution in [3.05, 3.63) is 65.7 Å². The number of thioether (sulfide) groups is 1. The SMILES string of the molecule is COc1cccc(CCCNC(=O)[C@@H](C)SCc2ccccc2)c1. The normalized spacial score (nSPS) is 11.8. The molecular formula is C20H25NO2S. The van der Waals surface area contributed by atoms with Gasteiger partial charge in [0.15, 0.2) is 0 Å². The van der Waals surface area contributed by atoms with E-state index in [-0.39, 0.29) is 11.2 Å². The molecule has 0 aliphatic rings. The lowest BCUT2D eigenvalue weighted by molar-refractivity contribution is -0.120. The molecule has 128 valence electrons. The molecule has 1 atom stereocenters. The van der Waals surface area contributed by atoms with Gasteiger partial charge in [-0.15, -0.1) is 11.8 Å². The number of ether oxygens (including phenoxy) is 1. The van der Waals surface area contributed by atoms with Gasteiger partial charge in [0.05, 0.1) is 12.4 Å². The Kier molecular flexibility index (Phi) is 7.69. The minimum absolute atomic E-state index is 0.0398. The lowest BCUT2D eigenvalue weighted by atomic mass is 10.1. The fourth-order valence-electron chi connectivity index (χ4n) is 2.35. The van der Waals surface area contributed by atoms with Crippen LogP contribution in [0.1, 0.15) is 24.5 Å². The Bertz CT molecular complexity index is 631. The molecule has 0 unspecified atom stereocenters. The van der Waals surface area contributed by atoms with Crippen LogP contribution < -0.4 is 10.1 Å². The van der Waals surface area contributed by atoms with Crippen LogP contribution in [-0.2, 0) is 17.0 Å². The number of aryl methyl sites for hydroxylation is 1. The molecule has 0 radical (unpaired) electrons. The number of carbonyl (C=O) groups is 1. The highest BCUT2D eigenvalue weighted by atomic mass is 32.2. The van der Waals surface area contributed by atoms with E-state index >= 15 is 0 Å². The summed E-state index contributed by atoms with van der Waals surface area (Å²) >= 11 is 1.67. The maximum absolute atomic E-state index is 12.1. The van der Waals surface area contributed by atoms with E-state index in [0.29, 0.717) is 6.54 Å². The van der Waals surface area contributed by atoms with E-state index in [1.165, 1.54) is 11.1 Å². The fourth-order valence-corrected chi connectivity index (χ4v) is 3.22. The highest BCUT2D eigenvalue weighted by Crippen LogP contribution is 2.17. The van der Waals surface area contributed by atoms with Gasteiger partial charge in [0.2, 0.25) is 5.91 Å².